The van der Waals surface area contributed by atoms with Crippen molar-refractivity contribution in [2.24, 2.45) is 0 Å². The van der Waals surface area contributed by atoms with E-state index >= 15 is 0 Å². The van der Waals surface area contributed by atoms with Gasteiger partial charge in [0.1, 0.15) is 10.6 Å². The minimum Gasteiger partial charge on any atom is -0.495 e. The van der Waals surface area contributed by atoms with Gasteiger partial charge in [0.25, 0.3) is 15.9 Å². The summed E-state index contributed by atoms with van der Waals surface area (Å²) in [5, 5.41) is 1.88. The molecular weight excluding hydrogens is 408 g/mol. The highest BCUT2D eigenvalue weighted by Gasteiger charge is 2.27. The van der Waals surface area contributed by atoms with Crippen LogP contribution in [0, 0.1) is 6.92 Å². The highest BCUT2D eigenvalue weighted by atomic mass is 32.2. The number of fused-ring (bicyclic) bond motifs is 1. The van der Waals surface area contributed by atoms with Gasteiger partial charge in [-0.15, -0.1) is 11.3 Å². The minimum absolute atomic E-state index is 0.0309. The third-order valence-electron chi connectivity index (χ3n) is 4.81. The van der Waals surface area contributed by atoms with Gasteiger partial charge in [-0.25, -0.2) is 8.42 Å². The molecular formula is C21H20N2O4S2. The van der Waals surface area contributed by atoms with E-state index in [1.807, 2.05) is 24.4 Å². The van der Waals surface area contributed by atoms with E-state index in [1.54, 1.807) is 41.3 Å². The first kappa shape index (κ1) is 19.5. The van der Waals surface area contributed by atoms with Crippen molar-refractivity contribution >= 4 is 38.6 Å². The second-order valence-electron chi connectivity index (χ2n) is 6.79. The van der Waals surface area contributed by atoms with Gasteiger partial charge >= 0.3 is 0 Å². The van der Waals surface area contributed by atoms with Crippen LogP contribution < -0.4 is 14.4 Å². The molecule has 0 saturated carbocycles. The highest BCUT2D eigenvalue weighted by Crippen LogP contribution is 2.33. The SMILES string of the molecule is COc1ccc(C)cc1S(=O)(=O)Nc1ccc2c(c1)CCN2C(=O)c1cccs1. The molecule has 1 aliphatic heterocycles. The van der Waals surface area contributed by atoms with E-state index in [0.29, 0.717) is 23.5 Å². The van der Waals surface area contributed by atoms with Gasteiger partial charge in [0, 0.05) is 17.9 Å². The van der Waals surface area contributed by atoms with E-state index in [0.717, 1.165) is 16.8 Å². The maximum absolute atomic E-state index is 12.9. The van der Waals surface area contributed by atoms with Crippen molar-refractivity contribution in [1.82, 2.24) is 0 Å². The van der Waals surface area contributed by atoms with E-state index < -0.39 is 10.0 Å². The first-order valence-electron chi connectivity index (χ1n) is 9.05. The van der Waals surface area contributed by atoms with Gasteiger partial charge in [-0.1, -0.05) is 12.1 Å². The molecule has 1 N–H and O–H groups in total. The first-order valence-corrected chi connectivity index (χ1v) is 11.4. The predicted octanol–water partition coefficient (Wildman–Crippen LogP) is 4.07. The molecule has 0 atom stereocenters. The Morgan fingerprint density at radius 1 is 1.17 bits per heavy atom. The predicted molar refractivity (Wildman–Crippen MR) is 115 cm³/mol. The minimum atomic E-state index is -3.82. The number of aryl methyl sites for hydroxylation is 1. The number of anilines is 2. The fraction of sp³-hybridized carbons (Fsp3) is 0.190. The summed E-state index contributed by atoms with van der Waals surface area (Å²) in [6.07, 6.45) is 0.676. The molecule has 2 heterocycles. The van der Waals surface area contributed by atoms with Crippen LogP contribution in [0.25, 0.3) is 0 Å². The number of nitrogens with one attached hydrogen (secondary N) is 1. The molecule has 8 heteroatoms. The average molecular weight is 429 g/mol. The molecule has 4 rings (SSSR count). The van der Waals surface area contributed by atoms with Crippen molar-refractivity contribution in [3.05, 3.63) is 69.9 Å². The van der Waals surface area contributed by atoms with E-state index in [1.165, 1.54) is 18.4 Å². The molecule has 0 bridgehead atoms. The number of amides is 1. The molecule has 0 saturated heterocycles. The number of carbonyl (C=O) groups is 1. The normalized spacial score (nSPS) is 13.2. The number of rotatable bonds is 5. The Labute approximate surface area is 173 Å². The van der Waals surface area contributed by atoms with Crippen LogP contribution in [0.4, 0.5) is 11.4 Å². The Kier molecular flexibility index (Phi) is 5.06. The van der Waals surface area contributed by atoms with Crippen LogP contribution in [0.5, 0.6) is 5.75 Å². The monoisotopic (exact) mass is 428 g/mol. The molecule has 1 aliphatic rings. The zero-order valence-corrected chi connectivity index (χ0v) is 17.6. The zero-order chi connectivity index (χ0) is 20.6. The number of methoxy groups -OCH3 is 1. The van der Waals surface area contributed by atoms with Crippen LogP contribution in [-0.2, 0) is 16.4 Å². The zero-order valence-electron chi connectivity index (χ0n) is 16.0. The van der Waals surface area contributed by atoms with Crippen molar-refractivity contribution in [2.75, 3.05) is 23.3 Å². The van der Waals surface area contributed by atoms with Crippen molar-refractivity contribution in [3.63, 3.8) is 0 Å². The lowest BCUT2D eigenvalue weighted by molar-refractivity contribution is 0.0993. The maximum atomic E-state index is 12.9. The number of hydrogen-bond acceptors (Lipinski definition) is 5. The number of ether oxygens (including phenoxy) is 1. The Hall–Kier alpha value is -2.84. The van der Waals surface area contributed by atoms with Crippen molar-refractivity contribution in [2.45, 2.75) is 18.2 Å². The fourth-order valence-electron chi connectivity index (χ4n) is 3.41. The molecule has 0 aliphatic carbocycles. The summed E-state index contributed by atoms with van der Waals surface area (Å²) in [5.74, 6) is 0.258. The van der Waals surface area contributed by atoms with Gasteiger partial charge in [-0.3, -0.25) is 9.52 Å². The third kappa shape index (κ3) is 3.73. The van der Waals surface area contributed by atoms with Gasteiger partial charge in [-0.05, 0) is 66.2 Å². The number of thiophene rings is 1. The van der Waals surface area contributed by atoms with Crippen LogP contribution in [-0.4, -0.2) is 28.0 Å². The lowest BCUT2D eigenvalue weighted by Crippen LogP contribution is -2.28. The second kappa shape index (κ2) is 7.53. The van der Waals surface area contributed by atoms with E-state index in [9.17, 15) is 13.2 Å². The topological polar surface area (TPSA) is 75.7 Å². The second-order valence-corrected chi connectivity index (χ2v) is 9.39. The summed E-state index contributed by atoms with van der Waals surface area (Å²) in [7, 11) is -2.37. The van der Waals surface area contributed by atoms with E-state index in [2.05, 4.69) is 4.72 Å². The number of sulfonamides is 1. The number of hydrogen-bond donors (Lipinski definition) is 1. The largest absolute Gasteiger partial charge is 0.495 e. The number of benzene rings is 2. The summed E-state index contributed by atoms with van der Waals surface area (Å²) in [5.41, 5.74) is 3.03. The third-order valence-corrected chi connectivity index (χ3v) is 7.07. The molecule has 1 aromatic heterocycles. The molecule has 1 amide bonds. The van der Waals surface area contributed by atoms with Crippen LogP contribution in [0.1, 0.15) is 20.8 Å². The molecule has 0 unspecified atom stereocenters. The van der Waals surface area contributed by atoms with Crippen molar-refractivity contribution in [1.29, 1.82) is 0 Å². The van der Waals surface area contributed by atoms with Gasteiger partial charge < -0.3 is 9.64 Å². The summed E-state index contributed by atoms with van der Waals surface area (Å²) >= 11 is 1.41. The van der Waals surface area contributed by atoms with Crippen LogP contribution in [0.2, 0.25) is 0 Å². The molecule has 3 aromatic rings. The van der Waals surface area contributed by atoms with Crippen LogP contribution in [0.15, 0.2) is 58.8 Å². The van der Waals surface area contributed by atoms with E-state index in [4.69, 9.17) is 4.74 Å². The van der Waals surface area contributed by atoms with Crippen molar-refractivity contribution < 1.29 is 17.9 Å². The van der Waals surface area contributed by atoms with Crippen LogP contribution in [0.3, 0.4) is 0 Å². The van der Waals surface area contributed by atoms with Gasteiger partial charge in [0.15, 0.2) is 0 Å². The fourth-order valence-corrected chi connectivity index (χ4v) is 5.39. The Balaban J connectivity index is 1.61. The highest BCUT2D eigenvalue weighted by molar-refractivity contribution is 7.92. The van der Waals surface area contributed by atoms with Gasteiger partial charge in [-0.2, -0.15) is 0 Å². The smallest absolute Gasteiger partial charge is 0.268 e. The standard InChI is InChI=1S/C21H20N2O4S2/c1-14-5-8-18(27-2)20(12-14)29(25,26)22-16-6-7-17-15(13-16)9-10-23(17)21(24)19-4-3-11-28-19/h3-8,11-13,22H,9-10H2,1-2H3. The summed E-state index contributed by atoms with van der Waals surface area (Å²) in [4.78, 5) is 15.2. The Morgan fingerprint density at radius 2 is 2.00 bits per heavy atom. The van der Waals surface area contributed by atoms with Gasteiger partial charge in [0.2, 0.25) is 0 Å². The lowest BCUT2D eigenvalue weighted by Gasteiger charge is -2.17. The molecule has 2 aromatic carbocycles. The Morgan fingerprint density at radius 3 is 2.72 bits per heavy atom. The molecule has 0 spiro atoms. The summed E-state index contributed by atoms with van der Waals surface area (Å²) in [6, 6.07) is 13.9. The quantitative estimate of drug-likeness (QED) is 0.665. The van der Waals surface area contributed by atoms with E-state index in [-0.39, 0.29) is 16.6 Å². The number of nitrogens with zero attached hydrogens (tertiary/aromatic N) is 1. The lowest BCUT2D eigenvalue weighted by atomic mass is 10.1. The summed E-state index contributed by atoms with van der Waals surface area (Å²) < 4.78 is 33.7. The molecule has 6 nitrogen and oxygen atoms in total. The molecule has 0 fully saturated rings. The maximum Gasteiger partial charge on any atom is 0.268 e. The van der Waals surface area contributed by atoms with Gasteiger partial charge in [0.05, 0.1) is 12.0 Å². The number of carbonyl (C=O) groups excluding carboxylic acids is 1. The van der Waals surface area contributed by atoms with Crippen LogP contribution >= 0.6 is 11.3 Å². The molecule has 150 valence electrons. The molecule has 29 heavy (non-hydrogen) atoms. The molecule has 0 radical (unpaired) electrons. The Bertz CT molecular complexity index is 1170. The first-order chi connectivity index (χ1) is 13.9. The average Bonchev–Trinajstić information content (AvgIpc) is 3.37. The summed E-state index contributed by atoms with van der Waals surface area (Å²) in [6.45, 7) is 2.40. The van der Waals surface area contributed by atoms with Crippen molar-refractivity contribution in [3.8, 4) is 5.75 Å².